The first-order valence-electron chi connectivity index (χ1n) is 5.94. The number of nitrogens with zero attached hydrogens (tertiary/aromatic N) is 1. The van der Waals surface area contributed by atoms with Crippen molar-refractivity contribution in [3.63, 3.8) is 0 Å². The number of hydrogen-bond donors (Lipinski definition) is 0. The predicted octanol–water partition coefficient (Wildman–Crippen LogP) is 3.04. The monoisotopic (exact) mass is 255 g/mol. The Morgan fingerprint density at radius 1 is 1.59 bits per heavy atom. The van der Waals surface area contributed by atoms with Crippen molar-refractivity contribution in [3.8, 4) is 0 Å². The fourth-order valence-electron chi connectivity index (χ4n) is 1.77. The zero-order chi connectivity index (χ0) is 12.5. The molecule has 3 nitrogen and oxygen atoms in total. The van der Waals surface area contributed by atoms with Crippen LogP contribution in [-0.2, 0) is 11.3 Å². The van der Waals surface area contributed by atoms with Crippen LogP contribution in [0.2, 0.25) is 0 Å². The van der Waals surface area contributed by atoms with E-state index in [1.54, 1.807) is 6.26 Å². The van der Waals surface area contributed by atoms with E-state index in [0.29, 0.717) is 18.5 Å². The SMILES string of the molecule is CC(C)(CCl)C(=O)N(Cc1ccco1)C1CC1. The topological polar surface area (TPSA) is 33.5 Å². The van der Waals surface area contributed by atoms with Gasteiger partial charge in [0.15, 0.2) is 0 Å². The molecule has 1 saturated carbocycles. The molecule has 0 aliphatic heterocycles. The van der Waals surface area contributed by atoms with E-state index in [9.17, 15) is 4.79 Å². The molecule has 0 aromatic carbocycles. The Bertz CT molecular complexity index is 382. The summed E-state index contributed by atoms with van der Waals surface area (Å²) in [6.45, 7) is 4.33. The van der Waals surface area contributed by atoms with Gasteiger partial charge in [-0.1, -0.05) is 0 Å². The number of furan rings is 1. The highest BCUT2D eigenvalue weighted by Crippen LogP contribution is 2.33. The third kappa shape index (κ3) is 2.83. The maximum Gasteiger partial charge on any atom is 0.230 e. The van der Waals surface area contributed by atoms with Crippen LogP contribution in [0.25, 0.3) is 0 Å². The van der Waals surface area contributed by atoms with Gasteiger partial charge in [-0.3, -0.25) is 4.79 Å². The summed E-state index contributed by atoms with van der Waals surface area (Å²) in [4.78, 5) is 14.3. The number of rotatable bonds is 5. The van der Waals surface area contributed by atoms with Gasteiger partial charge in [-0.05, 0) is 38.8 Å². The molecule has 1 amide bonds. The lowest BCUT2D eigenvalue weighted by molar-refractivity contribution is -0.140. The lowest BCUT2D eigenvalue weighted by Crippen LogP contribution is -2.42. The normalized spacial score (nSPS) is 15.9. The number of hydrogen-bond acceptors (Lipinski definition) is 2. The Morgan fingerprint density at radius 3 is 2.76 bits per heavy atom. The van der Waals surface area contributed by atoms with Crippen molar-refractivity contribution < 1.29 is 9.21 Å². The van der Waals surface area contributed by atoms with Crippen molar-refractivity contribution >= 4 is 17.5 Å². The molecule has 2 rings (SSSR count). The molecule has 94 valence electrons. The van der Waals surface area contributed by atoms with Gasteiger partial charge in [0.25, 0.3) is 0 Å². The number of amides is 1. The van der Waals surface area contributed by atoms with Gasteiger partial charge in [0.2, 0.25) is 5.91 Å². The van der Waals surface area contributed by atoms with E-state index in [1.807, 2.05) is 30.9 Å². The molecular formula is C13H18ClNO2. The second kappa shape index (κ2) is 4.73. The summed E-state index contributed by atoms with van der Waals surface area (Å²) in [7, 11) is 0. The average molecular weight is 256 g/mol. The zero-order valence-corrected chi connectivity index (χ0v) is 11.0. The lowest BCUT2D eigenvalue weighted by atomic mass is 9.94. The largest absolute Gasteiger partial charge is 0.467 e. The van der Waals surface area contributed by atoms with Gasteiger partial charge in [-0.25, -0.2) is 0 Å². The third-order valence-electron chi connectivity index (χ3n) is 3.07. The first-order chi connectivity index (χ1) is 8.04. The fourth-order valence-corrected chi connectivity index (χ4v) is 1.88. The van der Waals surface area contributed by atoms with Gasteiger partial charge in [0, 0.05) is 11.9 Å². The molecule has 4 heteroatoms. The molecule has 1 aromatic rings. The first-order valence-corrected chi connectivity index (χ1v) is 6.47. The van der Waals surface area contributed by atoms with Crippen LogP contribution in [0.1, 0.15) is 32.4 Å². The number of alkyl halides is 1. The standard InChI is InChI=1S/C13H18ClNO2/c1-13(2,9-14)12(16)15(10-5-6-10)8-11-4-3-7-17-11/h3-4,7,10H,5-6,8-9H2,1-2H3. The Labute approximate surface area is 107 Å². The minimum Gasteiger partial charge on any atom is -0.467 e. The number of halogens is 1. The fraction of sp³-hybridized carbons (Fsp3) is 0.615. The Kier molecular flexibility index (Phi) is 3.48. The van der Waals surface area contributed by atoms with Crippen molar-refractivity contribution in [2.75, 3.05) is 5.88 Å². The smallest absolute Gasteiger partial charge is 0.230 e. The van der Waals surface area contributed by atoms with Crippen LogP contribution >= 0.6 is 11.6 Å². The Morgan fingerprint density at radius 2 is 2.29 bits per heavy atom. The van der Waals surface area contributed by atoms with Crippen LogP contribution in [0, 0.1) is 5.41 Å². The predicted molar refractivity (Wildman–Crippen MR) is 66.8 cm³/mol. The molecule has 0 unspecified atom stereocenters. The van der Waals surface area contributed by atoms with Gasteiger partial charge in [-0.15, -0.1) is 11.6 Å². The zero-order valence-electron chi connectivity index (χ0n) is 10.3. The molecule has 0 spiro atoms. The molecular weight excluding hydrogens is 238 g/mol. The van der Waals surface area contributed by atoms with E-state index in [-0.39, 0.29) is 5.91 Å². The van der Waals surface area contributed by atoms with Gasteiger partial charge < -0.3 is 9.32 Å². The van der Waals surface area contributed by atoms with E-state index in [4.69, 9.17) is 16.0 Å². The number of carbonyl (C=O) groups is 1. The lowest BCUT2D eigenvalue weighted by Gasteiger charge is -2.30. The molecule has 0 atom stereocenters. The summed E-state index contributed by atoms with van der Waals surface area (Å²) in [6, 6.07) is 4.11. The molecule has 0 radical (unpaired) electrons. The molecule has 0 bridgehead atoms. The first kappa shape index (κ1) is 12.5. The highest BCUT2D eigenvalue weighted by atomic mass is 35.5. The molecule has 1 aromatic heterocycles. The summed E-state index contributed by atoms with van der Waals surface area (Å²) in [5, 5.41) is 0. The summed E-state index contributed by atoms with van der Waals surface area (Å²) >= 11 is 5.87. The van der Waals surface area contributed by atoms with Crippen LogP contribution in [0.3, 0.4) is 0 Å². The van der Waals surface area contributed by atoms with Crippen LogP contribution < -0.4 is 0 Å². The van der Waals surface area contributed by atoms with E-state index >= 15 is 0 Å². The van der Waals surface area contributed by atoms with Gasteiger partial charge >= 0.3 is 0 Å². The minimum absolute atomic E-state index is 0.117. The van der Waals surface area contributed by atoms with Crippen LogP contribution in [0.5, 0.6) is 0 Å². The maximum absolute atomic E-state index is 12.4. The van der Waals surface area contributed by atoms with E-state index in [0.717, 1.165) is 18.6 Å². The third-order valence-corrected chi connectivity index (χ3v) is 3.74. The van der Waals surface area contributed by atoms with E-state index < -0.39 is 5.41 Å². The molecule has 1 aliphatic carbocycles. The summed E-state index contributed by atoms with van der Waals surface area (Å²) < 4.78 is 5.31. The van der Waals surface area contributed by atoms with Crippen molar-refractivity contribution in [2.45, 2.75) is 39.3 Å². The van der Waals surface area contributed by atoms with Crippen molar-refractivity contribution in [2.24, 2.45) is 5.41 Å². The van der Waals surface area contributed by atoms with Crippen LogP contribution in [0.15, 0.2) is 22.8 Å². The second-order valence-corrected chi connectivity index (χ2v) is 5.53. The Hall–Kier alpha value is -0.960. The number of carbonyl (C=O) groups excluding carboxylic acids is 1. The molecule has 1 aliphatic rings. The summed E-state index contributed by atoms with van der Waals surface area (Å²) in [5.41, 5.74) is -0.503. The van der Waals surface area contributed by atoms with E-state index in [2.05, 4.69) is 0 Å². The average Bonchev–Trinajstić information content (AvgIpc) is 3.03. The highest BCUT2D eigenvalue weighted by Gasteiger charge is 2.39. The van der Waals surface area contributed by atoms with Gasteiger partial charge in [0.05, 0.1) is 18.2 Å². The highest BCUT2D eigenvalue weighted by molar-refractivity contribution is 6.19. The summed E-state index contributed by atoms with van der Waals surface area (Å²) in [5.74, 6) is 1.29. The van der Waals surface area contributed by atoms with Crippen molar-refractivity contribution in [1.29, 1.82) is 0 Å². The second-order valence-electron chi connectivity index (χ2n) is 5.26. The quantitative estimate of drug-likeness (QED) is 0.758. The van der Waals surface area contributed by atoms with Gasteiger partial charge in [-0.2, -0.15) is 0 Å². The van der Waals surface area contributed by atoms with Crippen molar-refractivity contribution in [3.05, 3.63) is 24.2 Å². The maximum atomic E-state index is 12.4. The summed E-state index contributed by atoms with van der Waals surface area (Å²) in [6.07, 6.45) is 3.81. The molecule has 1 fully saturated rings. The van der Waals surface area contributed by atoms with Crippen molar-refractivity contribution in [1.82, 2.24) is 4.90 Å². The van der Waals surface area contributed by atoms with Crippen LogP contribution in [0.4, 0.5) is 0 Å². The molecule has 0 saturated heterocycles. The molecule has 0 N–H and O–H groups in total. The Balaban J connectivity index is 2.10. The molecule has 1 heterocycles. The molecule has 17 heavy (non-hydrogen) atoms. The van der Waals surface area contributed by atoms with Crippen LogP contribution in [-0.4, -0.2) is 22.7 Å². The van der Waals surface area contributed by atoms with E-state index in [1.165, 1.54) is 0 Å². The van der Waals surface area contributed by atoms with Gasteiger partial charge in [0.1, 0.15) is 5.76 Å². The minimum atomic E-state index is -0.503.